The molecule has 94 valence electrons. The Balaban J connectivity index is 2.01. The third-order valence-corrected chi connectivity index (χ3v) is 3.81. The summed E-state index contributed by atoms with van der Waals surface area (Å²) in [5.74, 6) is 0.378. The van der Waals surface area contributed by atoms with Gasteiger partial charge in [0, 0.05) is 16.2 Å². The number of nitrogens with one attached hydrogen (secondary N) is 1. The predicted octanol–water partition coefficient (Wildman–Crippen LogP) is 2.00. The number of hydrogen-bond acceptors (Lipinski definition) is 3. The Morgan fingerprint density at radius 2 is 2.33 bits per heavy atom. The first-order chi connectivity index (χ1) is 8.56. The largest absolute Gasteiger partial charge is 0.345 e. The summed E-state index contributed by atoms with van der Waals surface area (Å²) < 4.78 is 2.50. The van der Waals surface area contributed by atoms with Crippen LogP contribution in [0.1, 0.15) is 16.2 Å². The molecule has 5 nitrogen and oxygen atoms in total. The van der Waals surface area contributed by atoms with E-state index >= 15 is 0 Å². The topological polar surface area (TPSA) is 59.8 Å². The van der Waals surface area contributed by atoms with E-state index in [0.717, 1.165) is 3.57 Å². The Hall–Kier alpha value is -1.15. The summed E-state index contributed by atoms with van der Waals surface area (Å²) in [4.78, 5) is 15.9. The van der Waals surface area contributed by atoms with Crippen molar-refractivity contribution in [1.82, 2.24) is 20.1 Å². The van der Waals surface area contributed by atoms with E-state index in [-0.39, 0.29) is 5.91 Å². The monoisotopic (exact) mass is 376 g/mol. The van der Waals surface area contributed by atoms with Gasteiger partial charge in [0.15, 0.2) is 5.82 Å². The summed E-state index contributed by atoms with van der Waals surface area (Å²) in [5, 5.41) is 7.38. The maximum absolute atomic E-state index is 11.9. The molecule has 2 aromatic rings. The van der Waals surface area contributed by atoms with Crippen LogP contribution in [0.3, 0.4) is 0 Å². The van der Waals surface area contributed by atoms with Gasteiger partial charge < -0.3 is 5.32 Å². The van der Waals surface area contributed by atoms with E-state index < -0.39 is 0 Å². The molecule has 0 unspecified atom stereocenters. The normalized spacial score (nSPS) is 10.4. The minimum Gasteiger partial charge on any atom is -0.345 e. The standard InChI is InChI=1S/C11H10ClIN4O/c1-17-6-15-10(16-17)5-14-11(18)7-2-3-9(13)8(12)4-7/h2-4,6H,5H2,1H3,(H,14,18). The second-order valence-electron chi connectivity index (χ2n) is 3.65. The van der Waals surface area contributed by atoms with E-state index in [4.69, 9.17) is 11.6 Å². The average Bonchev–Trinajstić information content (AvgIpc) is 2.75. The lowest BCUT2D eigenvalue weighted by atomic mass is 10.2. The second-order valence-corrected chi connectivity index (χ2v) is 5.22. The van der Waals surface area contributed by atoms with E-state index in [2.05, 4.69) is 38.0 Å². The molecule has 0 aliphatic carbocycles. The van der Waals surface area contributed by atoms with Gasteiger partial charge in [-0.05, 0) is 40.8 Å². The minimum atomic E-state index is -0.194. The van der Waals surface area contributed by atoms with Crippen LogP contribution in [0.15, 0.2) is 24.5 Å². The number of nitrogens with zero attached hydrogens (tertiary/aromatic N) is 3. The van der Waals surface area contributed by atoms with Crippen LogP contribution in [0, 0.1) is 3.57 Å². The fourth-order valence-electron chi connectivity index (χ4n) is 1.36. The lowest BCUT2D eigenvalue weighted by molar-refractivity contribution is 0.0950. The Morgan fingerprint density at radius 1 is 1.56 bits per heavy atom. The van der Waals surface area contributed by atoms with Crippen molar-refractivity contribution in [3.63, 3.8) is 0 Å². The first-order valence-electron chi connectivity index (χ1n) is 5.14. The van der Waals surface area contributed by atoms with E-state index in [0.29, 0.717) is 23.0 Å². The lowest BCUT2D eigenvalue weighted by Gasteiger charge is -2.04. The summed E-state index contributed by atoms with van der Waals surface area (Å²) in [6.45, 7) is 0.295. The number of amides is 1. The van der Waals surface area contributed by atoms with Crippen molar-refractivity contribution in [2.75, 3.05) is 0 Å². The molecule has 7 heteroatoms. The molecular weight excluding hydrogens is 367 g/mol. The maximum atomic E-state index is 11.9. The average molecular weight is 377 g/mol. The van der Waals surface area contributed by atoms with Gasteiger partial charge in [0.1, 0.15) is 6.33 Å². The maximum Gasteiger partial charge on any atom is 0.251 e. The summed E-state index contributed by atoms with van der Waals surface area (Å²) in [6.07, 6.45) is 1.59. The first kappa shape index (κ1) is 13.3. The molecule has 1 N–H and O–H groups in total. The third-order valence-electron chi connectivity index (χ3n) is 2.24. The number of carbonyl (C=O) groups excluding carboxylic acids is 1. The van der Waals surface area contributed by atoms with Gasteiger partial charge in [0.05, 0.1) is 11.6 Å². The van der Waals surface area contributed by atoms with Gasteiger partial charge in [-0.1, -0.05) is 11.6 Å². The van der Waals surface area contributed by atoms with Crippen molar-refractivity contribution in [3.05, 3.63) is 44.5 Å². The Bertz CT molecular complexity index is 584. The molecule has 0 saturated carbocycles. The fourth-order valence-corrected chi connectivity index (χ4v) is 1.88. The molecule has 0 spiro atoms. The molecule has 0 aliphatic heterocycles. The highest BCUT2D eigenvalue weighted by Crippen LogP contribution is 2.19. The second kappa shape index (κ2) is 5.66. The van der Waals surface area contributed by atoms with Crippen LogP contribution in [-0.4, -0.2) is 20.7 Å². The molecule has 1 aromatic heterocycles. The smallest absolute Gasteiger partial charge is 0.251 e. The molecule has 0 saturated heterocycles. The molecule has 1 aromatic carbocycles. The number of rotatable bonds is 3. The number of aryl methyl sites for hydroxylation is 1. The molecule has 1 heterocycles. The molecule has 1 amide bonds. The van der Waals surface area contributed by atoms with Gasteiger partial charge >= 0.3 is 0 Å². The van der Waals surface area contributed by atoms with Crippen LogP contribution in [0.4, 0.5) is 0 Å². The Kier molecular flexibility index (Phi) is 4.18. The lowest BCUT2D eigenvalue weighted by Crippen LogP contribution is -2.23. The highest BCUT2D eigenvalue weighted by Gasteiger charge is 2.08. The quantitative estimate of drug-likeness (QED) is 0.834. The van der Waals surface area contributed by atoms with E-state index in [1.807, 2.05) is 0 Å². The van der Waals surface area contributed by atoms with Crippen molar-refractivity contribution < 1.29 is 4.79 Å². The number of aromatic nitrogens is 3. The van der Waals surface area contributed by atoms with Gasteiger partial charge in [-0.3, -0.25) is 9.48 Å². The summed E-state index contributed by atoms with van der Waals surface area (Å²) >= 11 is 8.07. The van der Waals surface area contributed by atoms with Crippen LogP contribution in [-0.2, 0) is 13.6 Å². The van der Waals surface area contributed by atoms with Gasteiger partial charge in [-0.2, -0.15) is 5.10 Å². The Labute approximate surface area is 123 Å². The van der Waals surface area contributed by atoms with Crippen LogP contribution in [0.5, 0.6) is 0 Å². The Morgan fingerprint density at radius 3 is 2.94 bits per heavy atom. The number of benzene rings is 1. The summed E-state index contributed by atoms with van der Waals surface area (Å²) in [5.41, 5.74) is 0.524. The van der Waals surface area contributed by atoms with Crippen LogP contribution < -0.4 is 5.32 Å². The van der Waals surface area contributed by atoms with Gasteiger partial charge in [0.25, 0.3) is 5.91 Å². The molecule has 0 aliphatic rings. The summed E-state index contributed by atoms with van der Waals surface area (Å²) in [7, 11) is 1.78. The molecule has 0 fully saturated rings. The zero-order valence-electron chi connectivity index (χ0n) is 9.52. The van der Waals surface area contributed by atoms with Gasteiger partial charge in [-0.15, -0.1) is 0 Å². The van der Waals surface area contributed by atoms with Crippen LogP contribution in [0.25, 0.3) is 0 Å². The molecular formula is C11H10ClIN4O. The highest BCUT2D eigenvalue weighted by atomic mass is 127. The molecule has 0 bridgehead atoms. The molecule has 2 rings (SSSR count). The van der Waals surface area contributed by atoms with E-state index in [1.165, 1.54) is 0 Å². The highest BCUT2D eigenvalue weighted by molar-refractivity contribution is 14.1. The van der Waals surface area contributed by atoms with Gasteiger partial charge in [-0.25, -0.2) is 4.98 Å². The number of carbonyl (C=O) groups is 1. The molecule has 18 heavy (non-hydrogen) atoms. The molecule has 0 atom stereocenters. The van der Waals surface area contributed by atoms with Crippen LogP contribution >= 0.6 is 34.2 Å². The fraction of sp³-hybridized carbons (Fsp3) is 0.182. The third kappa shape index (κ3) is 3.20. The SMILES string of the molecule is Cn1cnc(CNC(=O)c2ccc(I)c(Cl)c2)n1. The minimum absolute atomic E-state index is 0.194. The van der Waals surface area contributed by atoms with Crippen molar-refractivity contribution in [3.8, 4) is 0 Å². The van der Waals surface area contributed by atoms with Crippen molar-refractivity contribution in [1.29, 1.82) is 0 Å². The van der Waals surface area contributed by atoms with Gasteiger partial charge in [0.2, 0.25) is 0 Å². The zero-order chi connectivity index (χ0) is 13.1. The zero-order valence-corrected chi connectivity index (χ0v) is 12.4. The number of halogens is 2. The first-order valence-corrected chi connectivity index (χ1v) is 6.59. The van der Waals surface area contributed by atoms with Crippen molar-refractivity contribution >= 4 is 40.1 Å². The summed E-state index contributed by atoms with van der Waals surface area (Å²) in [6, 6.07) is 5.18. The number of hydrogen-bond donors (Lipinski definition) is 1. The van der Waals surface area contributed by atoms with E-state index in [1.54, 1.807) is 36.3 Å². The van der Waals surface area contributed by atoms with Crippen molar-refractivity contribution in [2.45, 2.75) is 6.54 Å². The van der Waals surface area contributed by atoms with Crippen LogP contribution in [0.2, 0.25) is 5.02 Å². The predicted molar refractivity (Wildman–Crippen MR) is 76.3 cm³/mol. The molecule has 0 radical (unpaired) electrons. The van der Waals surface area contributed by atoms with Crippen molar-refractivity contribution in [2.24, 2.45) is 7.05 Å². The van der Waals surface area contributed by atoms with E-state index in [9.17, 15) is 4.79 Å².